The molecule has 0 saturated heterocycles. The first-order valence-electron chi connectivity index (χ1n) is 8.75. The maximum atomic E-state index is 5.49. The van der Waals surface area contributed by atoms with Crippen LogP contribution in [-0.4, -0.2) is 0 Å². The van der Waals surface area contributed by atoms with Crippen LogP contribution in [-0.2, 0) is 36.0 Å². The van der Waals surface area contributed by atoms with Gasteiger partial charge in [0.25, 0.3) is 0 Å². The number of nitrogens with one attached hydrogen (secondary N) is 2. The summed E-state index contributed by atoms with van der Waals surface area (Å²) in [7, 11) is 0. The molecule has 26 heavy (non-hydrogen) atoms. The highest BCUT2D eigenvalue weighted by Crippen LogP contribution is 2.06. The molecule has 0 atom stereocenters. The summed E-state index contributed by atoms with van der Waals surface area (Å²) in [5, 5.41) is 0. The number of hydroxylamine groups is 2. The van der Waals surface area contributed by atoms with Crippen LogP contribution in [0.3, 0.4) is 0 Å². The Morgan fingerprint density at radius 3 is 1.23 bits per heavy atom. The van der Waals surface area contributed by atoms with E-state index in [0.29, 0.717) is 26.3 Å². The van der Waals surface area contributed by atoms with Crippen LogP contribution >= 0.6 is 0 Å². The summed E-state index contributed by atoms with van der Waals surface area (Å²) in [6.45, 7) is 2.46. The molecule has 4 heteroatoms. The molecule has 0 aromatic heterocycles. The Balaban J connectivity index is 1.31. The van der Waals surface area contributed by atoms with Crippen LogP contribution in [0.1, 0.15) is 22.3 Å². The van der Waals surface area contributed by atoms with Gasteiger partial charge >= 0.3 is 0 Å². The quantitative estimate of drug-likeness (QED) is 0.427. The van der Waals surface area contributed by atoms with Crippen molar-refractivity contribution in [3.05, 3.63) is 107 Å². The number of benzene rings is 3. The lowest BCUT2D eigenvalue weighted by Gasteiger charge is -2.08. The minimum Gasteiger partial charge on any atom is -0.297 e. The Hall–Kier alpha value is -2.50. The van der Waals surface area contributed by atoms with Crippen molar-refractivity contribution in [1.29, 1.82) is 0 Å². The van der Waals surface area contributed by atoms with Gasteiger partial charge in [-0.15, -0.1) is 0 Å². The standard InChI is InChI=1S/C22H24N2O2/c1-3-7-21(8-4-1)17-25-23-15-19-11-13-20(14-12-19)16-24-26-18-22-9-5-2-6-10-22/h1-14,23-24H,15-18H2. The zero-order valence-corrected chi connectivity index (χ0v) is 14.7. The molecular formula is C22H24N2O2. The van der Waals surface area contributed by atoms with E-state index in [2.05, 4.69) is 35.2 Å². The van der Waals surface area contributed by atoms with Crippen molar-refractivity contribution in [1.82, 2.24) is 11.0 Å². The Labute approximate surface area is 154 Å². The van der Waals surface area contributed by atoms with Crippen molar-refractivity contribution < 1.29 is 9.68 Å². The number of hydrogen-bond acceptors (Lipinski definition) is 4. The van der Waals surface area contributed by atoms with Crippen molar-refractivity contribution in [2.75, 3.05) is 0 Å². The second-order valence-corrected chi connectivity index (χ2v) is 6.01. The van der Waals surface area contributed by atoms with Gasteiger partial charge in [0.05, 0.1) is 13.2 Å². The Bertz CT molecular complexity index is 680. The van der Waals surface area contributed by atoms with E-state index in [1.165, 1.54) is 11.1 Å². The van der Waals surface area contributed by atoms with Gasteiger partial charge < -0.3 is 0 Å². The van der Waals surface area contributed by atoms with E-state index in [9.17, 15) is 0 Å². The molecule has 0 heterocycles. The topological polar surface area (TPSA) is 42.5 Å². The fourth-order valence-electron chi connectivity index (χ4n) is 2.46. The first kappa shape index (κ1) is 18.3. The summed E-state index contributed by atoms with van der Waals surface area (Å²) in [6, 6.07) is 28.6. The van der Waals surface area contributed by atoms with Gasteiger partial charge in [-0.2, -0.15) is 11.0 Å². The molecule has 0 radical (unpaired) electrons. The second-order valence-electron chi connectivity index (χ2n) is 6.01. The van der Waals surface area contributed by atoms with E-state index in [0.717, 1.165) is 11.1 Å². The lowest BCUT2D eigenvalue weighted by atomic mass is 10.1. The highest BCUT2D eigenvalue weighted by atomic mass is 16.6. The molecule has 3 rings (SSSR count). The number of hydrogen-bond donors (Lipinski definition) is 2. The molecule has 0 fully saturated rings. The maximum Gasteiger partial charge on any atom is 0.0933 e. The van der Waals surface area contributed by atoms with Crippen molar-refractivity contribution in [2.45, 2.75) is 26.3 Å². The molecule has 4 nitrogen and oxygen atoms in total. The van der Waals surface area contributed by atoms with Crippen LogP contribution in [0.25, 0.3) is 0 Å². The molecule has 0 bridgehead atoms. The summed E-state index contributed by atoms with van der Waals surface area (Å²) in [4.78, 5) is 11.0. The van der Waals surface area contributed by atoms with Crippen molar-refractivity contribution >= 4 is 0 Å². The Morgan fingerprint density at radius 1 is 0.462 bits per heavy atom. The van der Waals surface area contributed by atoms with Gasteiger partial charge in [0.15, 0.2) is 0 Å². The lowest BCUT2D eigenvalue weighted by molar-refractivity contribution is 0.0229. The summed E-state index contributed by atoms with van der Waals surface area (Å²) >= 11 is 0. The third kappa shape index (κ3) is 6.43. The van der Waals surface area contributed by atoms with Crippen molar-refractivity contribution in [2.24, 2.45) is 0 Å². The molecule has 2 N–H and O–H groups in total. The van der Waals surface area contributed by atoms with Gasteiger partial charge in [-0.25, -0.2) is 0 Å². The van der Waals surface area contributed by atoms with Crippen LogP contribution in [0.15, 0.2) is 84.9 Å². The molecule has 0 aliphatic heterocycles. The molecular weight excluding hydrogens is 324 g/mol. The fraction of sp³-hybridized carbons (Fsp3) is 0.182. The van der Waals surface area contributed by atoms with Crippen LogP contribution in [0.2, 0.25) is 0 Å². The summed E-state index contributed by atoms with van der Waals surface area (Å²) in [5.41, 5.74) is 10.6. The molecule has 3 aromatic carbocycles. The normalized spacial score (nSPS) is 10.8. The van der Waals surface area contributed by atoms with Gasteiger partial charge in [-0.1, -0.05) is 84.9 Å². The third-order valence-corrected chi connectivity index (χ3v) is 3.94. The second kappa shape index (κ2) is 10.5. The summed E-state index contributed by atoms with van der Waals surface area (Å²) in [6.07, 6.45) is 0. The molecule has 0 aliphatic rings. The SMILES string of the molecule is c1ccc(CONCc2ccc(CNOCc3ccccc3)cc2)cc1. The molecule has 0 amide bonds. The average molecular weight is 348 g/mol. The average Bonchev–Trinajstić information content (AvgIpc) is 2.71. The molecule has 0 spiro atoms. The predicted octanol–water partition coefficient (Wildman–Crippen LogP) is 4.13. The van der Waals surface area contributed by atoms with E-state index in [4.69, 9.17) is 9.68 Å². The largest absolute Gasteiger partial charge is 0.297 e. The fourth-order valence-corrected chi connectivity index (χ4v) is 2.46. The summed E-state index contributed by atoms with van der Waals surface area (Å²) in [5.74, 6) is 0. The number of rotatable bonds is 10. The van der Waals surface area contributed by atoms with Crippen LogP contribution in [0, 0.1) is 0 Å². The predicted molar refractivity (Wildman–Crippen MR) is 103 cm³/mol. The molecule has 0 aliphatic carbocycles. The van der Waals surface area contributed by atoms with Crippen LogP contribution in [0.5, 0.6) is 0 Å². The highest BCUT2D eigenvalue weighted by molar-refractivity contribution is 5.22. The van der Waals surface area contributed by atoms with E-state index < -0.39 is 0 Å². The third-order valence-electron chi connectivity index (χ3n) is 3.94. The van der Waals surface area contributed by atoms with E-state index in [1.54, 1.807) is 0 Å². The molecule has 0 unspecified atom stereocenters. The van der Waals surface area contributed by atoms with Gasteiger partial charge in [-0.3, -0.25) is 9.68 Å². The monoisotopic (exact) mass is 348 g/mol. The smallest absolute Gasteiger partial charge is 0.0933 e. The first-order chi connectivity index (χ1) is 12.9. The Morgan fingerprint density at radius 2 is 0.846 bits per heavy atom. The summed E-state index contributed by atoms with van der Waals surface area (Å²) < 4.78 is 0. The van der Waals surface area contributed by atoms with Gasteiger partial charge in [0.2, 0.25) is 0 Å². The van der Waals surface area contributed by atoms with E-state index >= 15 is 0 Å². The van der Waals surface area contributed by atoms with Crippen LogP contribution in [0.4, 0.5) is 0 Å². The first-order valence-corrected chi connectivity index (χ1v) is 8.75. The molecule has 3 aromatic rings. The van der Waals surface area contributed by atoms with Crippen LogP contribution < -0.4 is 11.0 Å². The van der Waals surface area contributed by atoms with Gasteiger partial charge in [0.1, 0.15) is 0 Å². The maximum absolute atomic E-state index is 5.49. The van der Waals surface area contributed by atoms with E-state index in [-0.39, 0.29) is 0 Å². The molecule has 0 saturated carbocycles. The van der Waals surface area contributed by atoms with Crippen molar-refractivity contribution in [3.63, 3.8) is 0 Å². The van der Waals surface area contributed by atoms with E-state index in [1.807, 2.05) is 60.7 Å². The Kier molecular flexibility index (Phi) is 7.38. The zero-order valence-electron chi connectivity index (χ0n) is 14.7. The van der Waals surface area contributed by atoms with Crippen molar-refractivity contribution in [3.8, 4) is 0 Å². The van der Waals surface area contributed by atoms with Gasteiger partial charge in [-0.05, 0) is 22.3 Å². The molecule has 134 valence electrons. The zero-order chi connectivity index (χ0) is 17.9. The minimum atomic E-state index is 0.557. The minimum absolute atomic E-state index is 0.557. The highest BCUT2D eigenvalue weighted by Gasteiger charge is 1.97. The van der Waals surface area contributed by atoms with Gasteiger partial charge in [0, 0.05) is 13.1 Å². The lowest BCUT2D eigenvalue weighted by Crippen LogP contribution is -2.15.